The van der Waals surface area contributed by atoms with Crippen LogP contribution in [-0.2, 0) is 27.2 Å². The summed E-state index contributed by atoms with van der Waals surface area (Å²) < 4.78 is 23.0. The molecule has 0 saturated heterocycles. The van der Waals surface area contributed by atoms with Crippen molar-refractivity contribution < 1.29 is 23.7 Å². The molecule has 0 spiro atoms. The molecule has 1 aromatic heterocycles. The molecule has 31 heavy (non-hydrogen) atoms. The quantitative estimate of drug-likeness (QED) is 0.644. The molecule has 166 valence electrons. The third-order valence-electron chi connectivity index (χ3n) is 5.31. The van der Waals surface area contributed by atoms with Crippen LogP contribution in [0.1, 0.15) is 36.1 Å². The smallest absolute Gasteiger partial charge is 0.340 e. The highest BCUT2D eigenvalue weighted by atomic mass is 16.5. The first-order chi connectivity index (χ1) is 15.0. The lowest BCUT2D eigenvalue weighted by Gasteiger charge is -2.29. The maximum atomic E-state index is 13.7. The maximum Gasteiger partial charge on any atom is 0.340 e. The number of nitrogens with two attached hydrogens (primary N) is 1. The number of aryl methyl sites for hydroxylation is 1. The lowest BCUT2D eigenvalue weighted by Crippen LogP contribution is -2.36. The van der Waals surface area contributed by atoms with Gasteiger partial charge in [-0.2, -0.15) is 0 Å². The summed E-state index contributed by atoms with van der Waals surface area (Å²) in [7, 11) is 4.41. The number of pyridine rings is 1. The Bertz CT molecular complexity index is 1060. The first-order valence-electron chi connectivity index (χ1n) is 10.1. The summed E-state index contributed by atoms with van der Waals surface area (Å²) in [5.41, 5.74) is 7.82. The fraction of sp³-hybridized carbons (Fsp3) is 0.391. The third kappa shape index (κ3) is 4.29. The van der Waals surface area contributed by atoms with E-state index in [-0.39, 0.29) is 17.0 Å². The number of ether oxygens (including phenoxy) is 4. The van der Waals surface area contributed by atoms with E-state index in [0.717, 1.165) is 12.1 Å². The molecular formula is C23H28N2O6. The summed E-state index contributed by atoms with van der Waals surface area (Å²) in [5, 5.41) is 0. The van der Waals surface area contributed by atoms with E-state index in [1.807, 2.05) is 19.1 Å². The Hall–Kier alpha value is -3.26. The minimum absolute atomic E-state index is 0.0799. The van der Waals surface area contributed by atoms with Crippen LogP contribution in [0.15, 0.2) is 46.6 Å². The molecule has 2 N–H and O–H groups in total. The van der Waals surface area contributed by atoms with Crippen LogP contribution in [-0.4, -0.2) is 38.5 Å². The Labute approximate surface area is 181 Å². The second-order valence-corrected chi connectivity index (χ2v) is 7.19. The molecule has 2 aromatic rings. The zero-order chi connectivity index (χ0) is 22.5. The second-order valence-electron chi connectivity index (χ2n) is 7.19. The molecule has 1 unspecified atom stereocenters. The average Bonchev–Trinajstić information content (AvgIpc) is 2.77. The molecule has 0 radical (unpaired) electrons. The first kappa shape index (κ1) is 22.4. The first-order valence-corrected chi connectivity index (χ1v) is 10.1. The minimum atomic E-state index is -0.761. The number of methoxy groups -OCH3 is 3. The van der Waals surface area contributed by atoms with E-state index in [9.17, 15) is 9.59 Å². The normalized spacial score (nSPS) is 15.3. The van der Waals surface area contributed by atoms with Crippen LogP contribution in [0.25, 0.3) is 0 Å². The maximum absolute atomic E-state index is 13.7. The van der Waals surface area contributed by atoms with E-state index in [2.05, 4.69) is 0 Å². The molecule has 8 nitrogen and oxygen atoms in total. The molecule has 1 aliphatic rings. The van der Waals surface area contributed by atoms with Gasteiger partial charge in [-0.3, -0.25) is 4.79 Å². The van der Waals surface area contributed by atoms with Crippen molar-refractivity contribution >= 4 is 5.97 Å². The van der Waals surface area contributed by atoms with Crippen molar-refractivity contribution in [2.24, 2.45) is 5.73 Å². The van der Waals surface area contributed by atoms with Crippen molar-refractivity contribution in [1.82, 2.24) is 4.57 Å². The Kier molecular flexibility index (Phi) is 7.02. The van der Waals surface area contributed by atoms with Gasteiger partial charge in [-0.25, -0.2) is 4.79 Å². The van der Waals surface area contributed by atoms with E-state index in [1.54, 1.807) is 37.0 Å². The Morgan fingerprint density at radius 1 is 1.23 bits per heavy atom. The Balaban J connectivity index is 2.31. The molecule has 1 atom stereocenters. The van der Waals surface area contributed by atoms with E-state index >= 15 is 0 Å². The summed E-state index contributed by atoms with van der Waals surface area (Å²) in [6.45, 7) is 2.80. The van der Waals surface area contributed by atoms with Crippen molar-refractivity contribution in [3.05, 3.63) is 69.0 Å². The van der Waals surface area contributed by atoms with Gasteiger partial charge in [0.25, 0.3) is 5.56 Å². The van der Waals surface area contributed by atoms with Gasteiger partial charge >= 0.3 is 5.97 Å². The Morgan fingerprint density at radius 3 is 2.65 bits per heavy atom. The molecule has 0 fully saturated rings. The SMILES string of the molecule is CCCc1cc2c(c(=O)n1CCOC)C(c1cccc(OC)c1)C(C(=O)OC)=C(N)O2. The van der Waals surface area contributed by atoms with Crippen molar-refractivity contribution in [3.63, 3.8) is 0 Å². The summed E-state index contributed by atoms with van der Waals surface area (Å²) in [6.07, 6.45) is 1.54. The molecule has 1 aromatic carbocycles. The van der Waals surface area contributed by atoms with Crippen molar-refractivity contribution in [3.8, 4) is 11.5 Å². The number of aromatic nitrogens is 1. The summed E-state index contributed by atoms with van der Waals surface area (Å²) >= 11 is 0. The minimum Gasteiger partial charge on any atom is -0.497 e. The molecular weight excluding hydrogens is 400 g/mol. The van der Waals surface area contributed by atoms with Gasteiger partial charge in [0, 0.05) is 25.4 Å². The highest BCUT2D eigenvalue weighted by Crippen LogP contribution is 2.42. The van der Waals surface area contributed by atoms with Crippen LogP contribution in [0.4, 0.5) is 0 Å². The van der Waals surface area contributed by atoms with Gasteiger partial charge in [-0.1, -0.05) is 25.5 Å². The number of hydrogen-bond acceptors (Lipinski definition) is 7. The molecule has 0 amide bonds. The van der Waals surface area contributed by atoms with Crippen LogP contribution in [0.2, 0.25) is 0 Å². The number of carbonyl (C=O) groups is 1. The predicted octanol–water partition coefficient (Wildman–Crippen LogP) is 2.32. The number of rotatable bonds is 8. The van der Waals surface area contributed by atoms with Crippen molar-refractivity contribution in [1.29, 1.82) is 0 Å². The van der Waals surface area contributed by atoms with Gasteiger partial charge in [0.1, 0.15) is 17.1 Å². The van der Waals surface area contributed by atoms with Gasteiger partial charge in [-0.15, -0.1) is 0 Å². The fourth-order valence-electron chi connectivity index (χ4n) is 3.87. The van der Waals surface area contributed by atoms with Gasteiger partial charge in [0.2, 0.25) is 5.88 Å². The van der Waals surface area contributed by atoms with Crippen LogP contribution in [0.3, 0.4) is 0 Å². The summed E-state index contributed by atoms with van der Waals surface area (Å²) in [6, 6.07) is 9.00. The van der Waals surface area contributed by atoms with Gasteiger partial charge in [0.15, 0.2) is 0 Å². The molecule has 1 aliphatic heterocycles. The van der Waals surface area contributed by atoms with Gasteiger partial charge < -0.3 is 29.2 Å². The van der Waals surface area contributed by atoms with E-state index in [1.165, 1.54) is 7.11 Å². The predicted molar refractivity (Wildman–Crippen MR) is 115 cm³/mol. The topological polar surface area (TPSA) is 102 Å². The molecule has 0 bridgehead atoms. The molecule has 0 saturated carbocycles. The molecule has 8 heteroatoms. The van der Waals surface area contributed by atoms with Crippen molar-refractivity contribution in [2.75, 3.05) is 27.9 Å². The molecule has 2 heterocycles. The zero-order valence-corrected chi connectivity index (χ0v) is 18.3. The zero-order valence-electron chi connectivity index (χ0n) is 18.3. The third-order valence-corrected chi connectivity index (χ3v) is 5.31. The lowest BCUT2D eigenvalue weighted by atomic mass is 9.83. The van der Waals surface area contributed by atoms with Crippen LogP contribution < -0.4 is 20.8 Å². The van der Waals surface area contributed by atoms with Crippen LogP contribution in [0, 0.1) is 0 Å². The monoisotopic (exact) mass is 428 g/mol. The summed E-state index contributed by atoms with van der Waals surface area (Å²) in [4.78, 5) is 26.4. The second kappa shape index (κ2) is 9.70. The largest absolute Gasteiger partial charge is 0.497 e. The average molecular weight is 428 g/mol. The number of hydrogen-bond donors (Lipinski definition) is 1. The van der Waals surface area contributed by atoms with E-state index < -0.39 is 11.9 Å². The van der Waals surface area contributed by atoms with Crippen LogP contribution in [0.5, 0.6) is 11.5 Å². The van der Waals surface area contributed by atoms with E-state index in [0.29, 0.717) is 42.2 Å². The number of carbonyl (C=O) groups excluding carboxylic acids is 1. The summed E-state index contributed by atoms with van der Waals surface area (Å²) in [5.74, 6) is -0.556. The highest BCUT2D eigenvalue weighted by Gasteiger charge is 2.38. The van der Waals surface area contributed by atoms with E-state index in [4.69, 9.17) is 24.7 Å². The fourth-order valence-corrected chi connectivity index (χ4v) is 3.87. The number of esters is 1. The van der Waals surface area contributed by atoms with Crippen LogP contribution >= 0.6 is 0 Å². The lowest BCUT2D eigenvalue weighted by molar-refractivity contribution is -0.136. The number of benzene rings is 1. The standard InChI is InChI=1S/C23H28N2O6/c1-5-7-15-13-17-19(22(26)25(15)10-11-28-2)18(14-8-6-9-16(12-14)29-3)20(21(24)31-17)23(27)30-4/h6,8-9,12-13,18H,5,7,10-11,24H2,1-4H3. The number of nitrogens with zero attached hydrogens (tertiary/aromatic N) is 1. The molecule has 0 aliphatic carbocycles. The van der Waals surface area contributed by atoms with Crippen molar-refractivity contribution in [2.45, 2.75) is 32.2 Å². The molecule has 3 rings (SSSR count). The number of fused-ring (bicyclic) bond motifs is 1. The highest BCUT2D eigenvalue weighted by molar-refractivity contribution is 5.92. The van der Waals surface area contributed by atoms with Gasteiger partial charge in [-0.05, 0) is 24.1 Å². The van der Waals surface area contributed by atoms with Gasteiger partial charge in [0.05, 0.1) is 32.3 Å². The Morgan fingerprint density at radius 2 is 2.00 bits per heavy atom.